The number of aromatic nitrogens is 3. The molecule has 0 aliphatic carbocycles. The highest BCUT2D eigenvalue weighted by molar-refractivity contribution is 6.32. The molecule has 0 unspecified atom stereocenters. The van der Waals surface area contributed by atoms with Gasteiger partial charge in [-0.3, -0.25) is 0 Å². The van der Waals surface area contributed by atoms with Crippen LogP contribution in [0.15, 0.2) is 61.1 Å². The molecule has 0 atom stereocenters. The van der Waals surface area contributed by atoms with E-state index in [0.717, 1.165) is 11.0 Å². The highest BCUT2D eigenvalue weighted by Gasteiger charge is 2.44. The molecule has 2 heterocycles. The highest BCUT2D eigenvalue weighted by atomic mass is 35.5. The van der Waals surface area contributed by atoms with Gasteiger partial charge in [0, 0.05) is 29.4 Å². The molecule has 9 heteroatoms. The quantitative estimate of drug-likeness (QED) is 0.302. The summed E-state index contributed by atoms with van der Waals surface area (Å²) in [5.74, 6) is -1.87. The summed E-state index contributed by atoms with van der Waals surface area (Å²) in [4.78, 5) is 8.57. The van der Waals surface area contributed by atoms with E-state index in [1.54, 1.807) is 24.3 Å². The lowest BCUT2D eigenvalue weighted by Crippen LogP contribution is -2.31. The van der Waals surface area contributed by atoms with Crippen LogP contribution in [-0.4, -0.2) is 26.2 Å². The summed E-state index contributed by atoms with van der Waals surface area (Å²) < 4.78 is 37.2. The lowest BCUT2D eigenvalue weighted by molar-refractivity contribution is -0.104. The van der Waals surface area contributed by atoms with E-state index in [2.05, 4.69) is 15.3 Å². The maximum Gasteiger partial charge on any atom is 0.278 e. The normalized spacial score (nSPS) is 12.2. The fourth-order valence-corrected chi connectivity index (χ4v) is 3.75. The van der Waals surface area contributed by atoms with Crippen molar-refractivity contribution in [2.75, 3.05) is 11.9 Å². The monoisotopic (exact) mass is 486 g/mol. The third-order valence-corrected chi connectivity index (χ3v) is 5.75. The summed E-state index contributed by atoms with van der Waals surface area (Å²) in [5.41, 5.74) is 0.793. The van der Waals surface area contributed by atoms with Crippen molar-refractivity contribution in [3.05, 3.63) is 71.6 Å². The zero-order valence-corrected chi connectivity index (χ0v) is 19.8. The van der Waals surface area contributed by atoms with Crippen molar-refractivity contribution in [3.63, 3.8) is 0 Å². The second kappa shape index (κ2) is 9.19. The van der Waals surface area contributed by atoms with Gasteiger partial charge in [0.15, 0.2) is 5.82 Å². The van der Waals surface area contributed by atoms with Crippen LogP contribution in [0.25, 0.3) is 11.0 Å². The van der Waals surface area contributed by atoms with Gasteiger partial charge in [-0.2, -0.15) is 0 Å². The number of halogens is 3. The van der Waals surface area contributed by atoms with Gasteiger partial charge in [-0.15, -0.1) is 0 Å². The molecule has 0 bridgehead atoms. The molecule has 178 valence electrons. The number of alkyl halides is 2. The number of nitrogens with one attached hydrogen (secondary N) is 1. The lowest BCUT2D eigenvalue weighted by Gasteiger charge is -2.30. The van der Waals surface area contributed by atoms with Gasteiger partial charge in [-0.05, 0) is 36.4 Å². The summed E-state index contributed by atoms with van der Waals surface area (Å²) in [5, 5.41) is 12.8. The molecule has 34 heavy (non-hydrogen) atoms. The van der Waals surface area contributed by atoms with Crippen LogP contribution in [0.2, 0.25) is 5.02 Å². The van der Waals surface area contributed by atoms with Gasteiger partial charge in [-0.25, -0.2) is 18.7 Å². The number of nitrogens with zero attached hydrogens (tertiary/aromatic N) is 3. The number of benzene rings is 2. The number of aliphatic hydroxyl groups excluding tert-OH is 1. The van der Waals surface area contributed by atoms with Crippen LogP contribution in [0.4, 0.5) is 20.3 Å². The number of hydrogen-bond donors (Lipinski definition) is 2. The van der Waals surface area contributed by atoms with Crippen molar-refractivity contribution in [1.82, 2.24) is 14.5 Å². The Morgan fingerprint density at radius 1 is 1.09 bits per heavy atom. The van der Waals surface area contributed by atoms with Gasteiger partial charge in [0.25, 0.3) is 5.92 Å². The lowest BCUT2D eigenvalue weighted by atomic mass is 9.83. The highest BCUT2D eigenvalue weighted by Crippen LogP contribution is 2.45. The number of hydrogen-bond acceptors (Lipinski definition) is 5. The Hall–Kier alpha value is -3.23. The first-order chi connectivity index (χ1) is 16.1. The van der Waals surface area contributed by atoms with E-state index in [4.69, 9.17) is 16.3 Å². The van der Waals surface area contributed by atoms with Crippen molar-refractivity contribution in [2.24, 2.45) is 5.41 Å². The first kappa shape index (κ1) is 23.9. The largest absolute Gasteiger partial charge is 0.456 e. The van der Waals surface area contributed by atoms with Gasteiger partial charge in [-0.1, -0.05) is 44.5 Å². The predicted octanol–water partition coefficient (Wildman–Crippen LogP) is 6.75. The Morgan fingerprint density at radius 3 is 2.59 bits per heavy atom. The van der Waals surface area contributed by atoms with Crippen LogP contribution >= 0.6 is 11.6 Å². The maximum atomic E-state index is 14.8. The van der Waals surface area contributed by atoms with Crippen molar-refractivity contribution in [1.29, 1.82) is 0 Å². The SMILES string of the molecule is CC(C)(C)C(F)(F)c1cccc(Oc2ccc(Nc3ncnc4ccn(CCO)c34)cc2Cl)c1. The minimum absolute atomic E-state index is 0.0150. The molecule has 0 saturated heterocycles. The van der Waals surface area contributed by atoms with Crippen LogP contribution in [0.5, 0.6) is 11.5 Å². The summed E-state index contributed by atoms with van der Waals surface area (Å²) in [6, 6.07) is 12.8. The zero-order valence-electron chi connectivity index (χ0n) is 19.0. The molecule has 4 rings (SSSR count). The van der Waals surface area contributed by atoms with Crippen molar-refractivity contribution in [2.45, 2.75) is 33.2 Å². The maximum absolute atomic E-state index is 14.8. The smallest absolute Gasteiger partial charge is 0.278 e. The first-order valence-electron chi connectivity index (χ1n) is 10.7. The molecule has 2 aromatic heterocycles. The first-order valence-corrected chi connectivity index (χ1v) is 11.1. The minimum Gasteiger partial charge on any atom is -0.456 e. The molecular formula is C25H25ClF2N4O2. The summed E-state index contributed by atoms with van der Waals surface area (Å²) in [6.45, 7) is 4.88. The van der Waals surface area contributed by atoms with Crippen LogP contribution in [-0.2, 0) is 12.5 Å². The molecule has 4 aromatic rings. The van der Waals surface area contributed by atoms with Crippen LogP contribution in [0.1, 0.15) is 26.3 Å². The van der Waals surface area contributed by atoms with Crippen LogP contribution in [0, 0.1) is 5.41 Å². The molecule has 0 spiro atoms. The predicted molar refractivity (Wildman–Crippen MR) is 129 cm³/mol. The van der Waals surface area contributed by atoms with Crippen LogP contribution < -0.4 is 10.1 Å². The van der Waals surface area contributed by atoms with Gasteiger partial charge in [0.1, 0.15) is 23.3 Å². The molecular weight excluding hydrogens is 462 g/mol. The summed E-state index contributed by atoms with van der Waals surface area (Å²) in [7, 11) is 0. The van der Waals surface area contributed by atoms with Crippen molar-refractivity contribution < 1.29 is 18.6 Å². The van der Waals surface area contributed by atoms with E-state index in [0.29, 0.717) is 28.8 Å². The zero-order chi connectivity index (χ0) is 24.5. The van der Waals surface area contributed by atoms with Gasteiger partial charge in [0.05, 0.1) is 17.1 Å². The van der Waals surface area contributed by atoms with Gasteiger partial charge < -0.3 is 19.7 Å². The molecule has 0 radical (unpaired) electrons. The average Bonchev–Trinajstić information content (AvgIpc) is 3.19. The van der Waals surface area contributed by atoms with E-state index in [1.165, 1.54) is 45.3 Å². The van der Waals surface area contributed by atoms with E-state index in [-0.39, 0.29) is 17.9 Å². The van der Waals surface area contributed by atoms with E-state index in [9.17, 15) is 13.9 Å². The van der Waals surface area contributed by atoms with Gasteiger partial charge in [0.2, 0.25) is 0 Å². The standard InChI is InChI=1S/C25H25ClF2N4O2/c1-24(2,3)25(27,28)16-5-4-6-18(13-16)34-21-8-7-17(14-19(21)26)31-23-22-20(29-15-30-23)9-10-32(22)11-12-33/h4-10,13-15,33H,11-12H2,1-3H3,(H,29,30,31). The van der Waals surface area contributed by atoms with Crippen molar-refractivity contribution in [3.8, 4) is 11.5 Å². The number of anilines is 2. The van der Waals surface area contributed by atoms with E-state index >= 15 is 0 Å². The Labute approximate surface area is 201 Å². The molecule has 2 N–H and O–H groups in total. The van der Waals surface area contributed by atoms with E-state index < -0.39 is 11.3 Å². The fraction of sp³-hybridized carbons (Fsp3) is 0.280. The molecule has 0 fully saturated rings. The summed E-state index contributed by atoms with van der Waals surface area (Å²) in [6.07, 6.45) is 3.29. The number of aliphatic hydroxyl groups is 1. The molecule has 0 saturated carbocycles. The molecule has 6 nitrogen and oxygen atoms in total. The third kappa shape index (κ3) is 4.69. The third-order valence-electron chi connectivity index (χ3n) is 5.45. The number of ether oxygens (including phenoxy) is 1. The van der Waals surface area contributed by atoms with E-state index in [1.807, 2.05) is 16.8 Å². The second-order valence-electron chi connectivity index (χ2n) is 8.91. The number of rotatable bonds is 7. The van der Waals surface area contributed by atoms with Crippen LogP contribution in [0.3, 0.4) is 0 Å². The number of fused-ring (bicyclic) bond motifs is 1. The fourth-order valence-electron chi connectivity index (χ4n) is 3.53. The minimum atomic E-state index is -3.03. The Balaban J connectivity index is 1.57. The van der Waals surface area contributed by atoms with Crippen molar-refractivity contribution >= 4 is 34.1 Å². The molecule has 0 amide bonds. The average molecular weight is 487 g/mol. The Bertz CT molecular complexity index is 1320. The second-order valence-corrected chi connectivity index (χ2v) is 9.32. The van der Waals surface area contributed by atoms with Gasteiger partial charge >= 0.3 is 0 Å². The molecule has 0 aliphatic rings. The topological polar surface area (TPSA) is 72.2 Å². The summed E-state index contributed by atoms with van der Waals surface area (Å²) >= 11 is 6.44. The molecule has 2 aromatic carbocycles. The Morgan fingerprint density at radius 2 is 1.88 bits per heavy atom. The Kier molecular flexibility index (Phi) is 6.47. The molecule has 0 aliphatic heterocycles.